The highest BCUT2D eigenvalue weighted by molar-refractivity contribution is 9.10. The number of hydrazone groups is 1. The number of rotatable bonds is 6. The number of hydrogen-bond acceptors (Lipinski definition) is 4. The summed E-state index contributed by atoms with van der Waals surface area (Å²) in [5.41, 5.74) is 6.63. The number of aromatic nitrogens is 1. The summed E-state index contributed by atoms with van der Waals surface area (Å²) in [6.45, 7) is 2.12. The SMILES string of the molecule is Cc1cccc(NC(=O)Cn2cc(/C=N/NC(=O)c3cc4cc(Br)ccc4o3)c3ccccc32)c1. The minimum Gasteiger partial charge on any atom is -0.451 e. The molecule has 2 aromatic heterocycles. The van der Waals surface area contributed by atoms with Crippen LogP contribution in [-0.4, -0.2) is 22.6 Å². The molecule has 0 bridgehead atoms. The van der Waals surface area contributed by atoms with E-state index in [4.69, 9.17) is 4.42 Å². The zero-order valence-electron chi connectivity index (χ0n) is 18.8. The van der Waals surface area contributed by atoms with Gasteiger partial charge in [-0.25, -0.2) is 5.43 Å². The Morgan fingerprint density at radius 3 is 2.77 bits per heavy atom. The number of amides is 2. The van der Waals surface area contributed by atoms with E-state index in [9.17, 15) is 9.59 Å². The molecule has 8 heteroatoms. The monoisotopic (exact) mass is 528 g/mol. The molecule has 7 nitrogen and oxygen atoms in total. The molecule has 0 spiro atoms. The number of hydrogen-bond donors (Lipinski definition) is 2. The van der Waals surface area contributed by atoms with Gasteiger partial charge in [0.1, 0.15) is 12.1 Å². The van der Waals surface area contributed by atoms with E-state index >= 15 is 0 Å². The summed E-state index contributed by atoms with van der Waals surface area (Å²) in [4.78, 5) is 25.2. The van der Waals surface area contributed by atoms with Gasteiger partial charge in [-0.3, -0.25) is 9.59 Å². The van der Waals surface area contributed by atoms with Crippen LogP contribution in [0.1, 0.15) is 21.7 Å². The standard InChI is InChI=1S/C27H21BrN4O3/c1-17-5-4-6-21(11-17)30-26(33)16-32-15-19(22-7-2-3-8-23(22)32)14-29-31-27(34)25-13-18-12-20(28)9-10-24(18)35-25/h2-15H,16H2,1H3,(H,30,33)(H,31,34)/b29-14+. The lowest BCUT2D eigenvalue weighted by atomic mass is 10.2. The molecule has 0 radical (unpaired) electrons. The van der Waals surface area contributed by atoms with Crippen LogP contribution in [-0.2, 0) is 11.3 Å². The molecule has 5 aromatic rings. The molecule has 0 saturated heterocycles. The zero-order chi connectivity index (χ0) is 24.4. The second-order valence-corrected chi connectivity index (χ2v) is 9.05. The molecule has 0 fully saturated rings. The number of para-hydroxylation sites is 1. The van der Waals surface area contributed by atoms with Crippen LogP contribution in [0.2, 0.25) is 0 Å². The summed E-state index contributed by atoms with van der Waals surface area (Å²) in [6.07, 6.45) is 3.41. The molecule has 0 atom stereocenters. The average Bonchev–Trinajstić information content (AvgIpc) is 3.40. The Kier molecular flexibility index (Phi) is 6.20. The Morgan fingerprint density at radius 2 is 1.91 bits per heavy atom. The molecule has 0 aliphatic rings. The molecule has 0 unspecified atom stereocenters. The highest BCUT2D eigenvalue weighted by Gasteiger charge is 2.13. The quantitative estimate of drug-likeness (QED) is 0.213. The number of nitrogens with one attached hydrogen (secondary N) is 2. The molecule has 2 heterocycles. The molecule has 0 aliphatic carbocycles. The molecule has 5 rings (SSSR count). The van der Waals surface area contributed by atoms with Gasteiger partial charge in [0.25, 0.3) is 0 Å². The molecular weight excluding hydrogens is 508 g/mol. The van der Waals surface area contributed by atoms with Crippen molar-refractivity contribution in [1.82, 2.24) is 9.99 Å². The predicted molar refractivity (Wildman–Crippen MR) is 141 cm³/mol. The lowest BCUT2D eigenvalue weighted by Crippen LogP contribution is -2.18. The largest absolute Gasteiger partial charge is 0.451 e. The minimum absolute atomic E-state index is 0.135. The molecule has 3 aromatic carbocycles. The van der Waals surface area contributed by atoms with E-state index in [1.165, 1.54) is 0 Å². The molecule has 35 heavy (non-hydrogen) atoms. The molecule has 2 N–H and O–H groups in total. The van der Waals surface area contributed by atoms with Gasteiger partial charge in [0.15, 0.2) is 5.76 Å². The molecule has 0 saturated carbocycles. The third kappa shape index (κ3) is 5.02. The van der Waals surface area contributed by atoms with E-state index in [1.807, 2.05) is 78.4 Å². The number of carbonyl (C=O) groups is 2. The summed E-state index contributed by atoms with van der Waals surface area (Å²) >= 11 is 3.41. The Balaban J connectivity index is 1.32. The summed E-state index contributed by atoms with van der Waals surface area (Å²) in [6, 6.07) is 22.6. The third-order valence-corrected chi connectivity index (χ3v) is 6.00. The van der Waals surface area contributed by atoms with E-state index in [1.54, 1.807) is 18.3 Å². The lowest BCUT2D eigenvalue weighted by Gasteiger charge is -2.08. The van der Waals surface area contributed by atoms with Crippen molar-refractivity contribution in [2.45, 2.75) is 13.5 Å². The van der Waals surface area contributed by atoms with Crippen LogP contribution in [0.3, 0.4) is 0 Å². The fourth-order valence-electron chi connectivity index (χ4n) is 3.93. The van der Waals surface area contributed by atoms with Gasteiger partial charge in [0.05, 0.1) is 6.21 Å². The number of anilines is 1. The van der Waals surface area contributed by atoms with E-state index < -0.39 is 5.91 Å². The maximum atomic E-state index is 12.7. The summed E-state index contributed by atoms with van der Waals surface area (Å²) in [7, 11) is 0. The van der Waals surface area contributed by atoms with Gasteiger partial charge in [0.2, 0.25) is 5.91 Å². The molecule has 0 aliphatic heterocycles. The van der Waals surface area contributed by atoms with Crippen molar-refractivity contribution in [3.63, 3.8) is 0 Å². The van der Waals surface area contributed by atoms with E-state index in [-0.39, 0.29) is 18.2 Å². The van der Waals surface area contributed by atoms with Crippen molar-refractivity contribution in [3.05, 3.63) is 100 Å². The van der Waals surface area contributed by atoms with E-state index in [0.29, 0.717) is 5.58 Å². The first-order chi connectivity index (χ1) is 17.0. The van der Waals surface area contributed by atoms with Gasteiger partial charge >= 0.3 is 5.91 Å². The second-order valence-electron chi connectivity index (χ2n) is 8.14. The van der Waals surface area contributed by atoms with Gasteiger partial charge in [-0.1, -0.05) is 46.3 Å². The fraction of sp³-hybridized carbons (Fsp3) is 0.0741. The maximum Gasteiger partial charge on any atom is 0.307 e. The van der Waals surface area contributed by atoms with Crippen LogP contribution in [0.15, 0.2) is 93.0 Å². The minimum atomic E-state index is -0.449. The smallest absolute Gasteiger partial charge is 0.307 e. The Hall–Kier alpha value is -4.17. The number of halogens is 1. The van der Waals surface area contributed by atoms with Crippen molar-refractivity contribution in [1.29, 1.82) is 0 Å². The number of aryl methyl sites for hydroxylation is 1. The van der Waals surface area contributed by atoms with Crippen LogP contribution in [0.4, 0.5) is 5.69 Å². The maximum absolute atomic E-state index is 12.7. The Labute approximate surface area is 209 Å². The average molecular weight is 529 g/mol. The lowest BCUT2D eigenvalue weighted by molar-refractivity contribution is -0.116. The number of fused-ring (bicyclic) bond motifs is 2. The van der Waals surface area contributed by atoms with Gasteiger partial charge in [-0.2, -0.15) is 5.10 Å². The van der Waals surface area contributed by atoms with Crippen LogP contribution >= 0.6 is 15.9 Å². The van der Waals surface area contributed by atoms with Crippen molar-refractivity contribution in [2.24, 2.45) is 5.10 Å². The third-order valence-electron chi connectivity index (χ3n) is 5.51. The first-order valence-corrected chi connectivity index (χ1v) is 11.7. The first kappa shape index (κ1) is 22.6. The number of nitrogens with zero attached hydrogens (tertiary/aromatic N) is 2. The Morgan fingerprint density at radius 1 is 1.06 bits per heavy atom. The van der Waals surface area contributed by atoms with Gasteiger partial charge in [0, 0.05) is 38.2 Å². The van der Waals surface area contributed by atoms with E-state index in [0.717, 1.165) is 37.6 Å². The van der Waals surface area contributed by atoms with E-state index in [2.05, 4.69) is 31.8 Å². The zero-order valence-corrected chi connectivity index (χ0v) is 20.4. The van der Waals surface area contributed by atoms with Crippen molar-refractivity contribution in [2.75, 3.05) is 5.32 Å². The number of furan rings is 1. The van der Waals surface area contributed by atoms with Crippen molar-refractivity contribution >= 4 is 61.5 Å². The van der Waals surface area contributed by atoms with Gasteiger partial charge < -0.3 is 14.3 Å². The van der Waals surface area contributed by atoms with Gasteiger partial charge in [-0.15, -0.1) is 0 Å². The van der Waals surface area contributed by atoms with Crippen LogP contribution in [0.5, 0.6) is 0 Å². The summed E-state index contributed by atoms with van der Waals surface area (Å²) in [5.74, 6) is -0.412. The Bertz CT molecular complexity index is 1600. The first-order valence-electron chi connectivity index (χ1n) is 10.9. The predicted octanol–water partition coefficient (Wildman–Crippen LogP) is 5.86. The number of benzene rings is 3. The second kappa shape index (κ2) is 9.60. The van der Waals surface area contributed by atoms with Gasteiger partial charge in [-0.05, 0) is 55.0 Å². The normalized spacial score (nSPS) is 11.4. The van der Waals surface area contributed by atoms with Crippen LogP contribution in [0, 0.1) is 6.92 Å². The molecular formula is C27H21BrN4O3. The molecule has 2 amide bonds. The molecule has 174 valence electrons. The van der Waals surface area contributed by atoms with Crippen molar-refractivity contribution in [3.8, 4) is 0 Å². The number of carbonyl (C=O) groups excluding carboxylic acids is 2. The highest BCUT2D eigenvalue weighted by Crippen LogP contribution is 2.23. The van der Waals surface area contributed by atoms with Crippen molar-refractivity contribution < 1.29 is 14.0 Å². The van der Waals surface area contributed by atoms with Crippen LogP contribution in [0.25, 0.3) is 21.9 Å². The highest BCUT2D eigenvalue weighted by atomic mass is 79.9. The topological polar surface area (TPSA) is 88.6 Å². The fourth-order valence-corrected chi connectivity index (χ4v) is 4.31. The summed E-state index contributed by atoms with van der Waals surface area (Å²) in [5, 5.41) is 8.79. The summed E-state index contributed by atoms with van der Waals surface area (Å²) < 4.78 is 8.37. The van der Waals surface area contributed by atoms with Crippen LogP contribution < -0.4 is 10.7 Å².